The predicted molar refractivity (Wildman–Crippen MR) is 59.3 cm³/mol. The van der Waals surface area contributed by atoms with Gasteiger partial charge in [-0.2, -0.15) is 9.40 Å². The Morgan fingerprint density at radius 2 is 2.19 bits per heavy atom. The van der Waals surface area contributed by atoms with Gasteiger partial charge in [0.05, 0.1) is 11.8 Å². The molecule has 1 rings (SSSR count). The van der Waals surface area contributed by atoms with E-state index in [1.165, 1.54) is 16.6 Å². The Labute approximate surface area is 95.3 Å². The molecule has 0 radical (unpaired) electrons. The SMILES string of the molecule is CCN(CC(C)(C)O)S(=O)(=O)c1ccn[nH]1. The largest absolute Gasteiger partial charge is 0.389 e. The third-order valence-electron chi connectivity index (χ3n) is 2.01. The summed E-state index contributed by atoms with van der Waals surface area (Å²) in [6.45, 7) is 5.20. The lowest BCUT2D eigenvalue weighted by molar-refractivity contribution is 0.0601. The molecule has 0 amide bonds. The highest BCUT2D eigenvalue weighted by molar-refractivity contribution is 7.89. The molecular weight excluding hydrogens is 230 g/mol. The van der Waals surface area contributed by atoms with Crippen molar-refractivity contribution in [3.8, 4) is 0 Å². The molecule has 0 saturated carbocycles. The highest BCUT2D eigenvalue weighted by Crippen LogP contribution is 2.15. The van der Waals surface area contributed by atoms with Gasteiger partial charge < -0.3 is 5.11 Å². The topological polar surface area (TPSA) is 86.3 Å². The number of nitrogens with zero attached hydrogens (tertiary/aromatic N) is 2. The molecule has 0 aliphatic rings. The van der Waals surface area contributed by atoms with Crippen LogP contribution in [-0.2, 0) is 10.0 Å². The minimum atomic E-state index is -3.59. The number of hydrogen-bond donors (Lipinski definition) is 2. The summed E-state index contributed by atoms with van der Waals surface area (Å²) < 4.78 is 25.3. The molecule has 0 aliphatic heterocycles. The highest BCUT2D eigenvalue weighted by atomic mass is 32.2. The molecule has 0 spiro atoms. The number of aliphatic hydroxyl groups is 1. The molecule has 0 unspecified atom stereocenters. The van der Waals surface area contributed by atoms with E-state index in [2.05, 4.69) is 10.2 Å². The van der Waals surface area contributed by atoms with Crippen LogP contribution in [0.4, 0.5) is 0 Å². The molecule has 1 aromatic heterocycles. The Bertz CT molecular complexity index is 419. The third-order valence-corrected chi connectivity index (χ3v) is 3.86. The zero-order valence-electron chi connectivity index (χ0n) is 9.64. The number of likely N-dealkylation sites (N-methyl/N-ethyl adjacent to an activating group) is 1. The van der Waals surface area contributed by atoms with E-state index in [0.29, 0.717) is 6.54 Å². The van der Waals surface area contributed by atoms with Gasteiger partial charge in [-0.3, -0.25) is 5.10 Å². The van der Waals surface area contributed by atoms with Gasteiger partial charge in [0.15, 0.2) is 5.03 Å². The van der Waals surface area contributed by atoms with E-state index in [4.69, 9.17) is 0 Å². The van der Waals surface area contributed by atoms with Gasteiger partial charge >= 0.3 is 0 Å². The second-order valence-corrected chi connectivity index (χ2v) is 6.07. The maximum absolute atomic E-state index is 12.0. The van der Waals surface area contributed by atoms with Gasteiger partial charge in [-0.1, -0.05) is 6.92 Å². The van der Waals surface area contributed by atoms with Gasteiger partial charge in [0, 0.05) is 13.1 Å². The number of rotatable bonds is 5. The van der Waals surface area contributed by atoms with Crippen LogP contribution in [0.3, 0.4) is 0 Å². The standard InChI is InChI=1S/C9H17N3O3S/c1-4-12(7-9(2,3)13)16(14,15)8-5-6-10-11-8/h5-6,13H,4,7H2,1-3H3,(H,10,11). The van der Waals surface area contributed by atoms with Crippen molar-refractivity contribution in [1.29, 1.82) is 0 Å². The Morgan fingerprint density at radius 3 is 2.56 bits per heavy atom. The first-order valence-electron chi connectivity index (χ1n) is 4.99. The highest BCUT2D eigenvalue weighted by Gasteiger charge is 2.29. The van der Waals surface area contributed by atoms with Crippen LogP contribution in [0.25, 0.3) is 0 Å². The molecule has 0 bridgehead atoms. The zero-order valence-corrected chi connectivity index (χ0v) is 10.5. The fourth-order valence-corrected chi connectivity index (χ4v) is 2.83. The molecular formula is C9H17N3O3S. The van der Waals surface area contributed by atoms with Crippen LogP contribution in [0.2, 0.25) is 0 Å². The summed E-state index contributed by atoms with van der Waals surface area (Å²) in [4.78, 5) is 0. The maximum Gasteiger partial charge on any atom is 0.260 e. The van der Waals surface area contributed by atoms with E-state index >= 15 is 0 Å². The summed E-state index contributed by atoms with van der Waals surface area (Å²) in [5.41, 5.74) is -1.07. The zero-order chi connectivity index (χ0) is 12.4. The van der Waals surface area contributed by atoms with E-state index in [0.717, 1.165) is 0 Å². The molecule has 1 heterocycles. The smallest absolute Gasteiger partial charge is 0.260 e. The third kappa shape index (κ3) is 3.03. The van der Waals surface area contributed by atoms with Crippen molar-refractivity contribution in [1.82, 2.24) is 14.5 Å². The maximum atomic E-state index is 12.0. The summed E-state index contributed by atoms with van der Waals surface area (Å²) in [6.07, 6.45) is 1.38. The Morgan fingerprint density at radius 1 is 1.56 bits per heavy atom. The number of aromatic amines is 1. The predicted octanol–water partition coefficient (Wildman–Crippen LogP) is 0.191. The fraction of sp³-hybridized carbons (Fsp3) is 0.667. The molecule has 0 saturated heterocycles. The lowest BCUT2D eigenvalue weighted by Crippen LogP contribution is -2.42. The summed E-state index contributed by atoms with van der Waals surface area (Å²) in [6, 6.07) is 1.39. The van der Waals surface area contributed by atoms with Crippen LogP contribution in [0.5, 0.6) is 0 Å². The molecule has 7 heteroatoms. The van der Waals surface area contributed by atoms with E-state index in [-0.39, 0.29) is 11.6 Å². The molecule has 16 heavy (non-hydrogen) atoms. The first-order valence-corrected chi connectivity index (χ1v) is 6.43. The van der Waals surface area contributed by atoms with Crippen molar-refractivity contribution in [3.05, 3.63) is 12.3 Å². The van der Waals surface area contributed by atoms with Gasteiger partial charge in [-0.05, 0) is 19.9 Å². The summed E-state index contributed by atoms with van der Waals surface area (Å²) in [5, 5.41) is 15.7. The van der Waals surface area contributed by atoms with Crippen LogP contribution >= 0.6 is 0 Å². The normalized spacial score (nSPS) is 13.3. The second-order valence-electron chi connectivity index (χ2n) is 4.16. The van der Waals surface area contributed by atoms with Crippen molar-refractivity contribution < 1.29 is 13.5 Å². The van der Waals surface area contributed by atoms with Crippen molar-refractivity contribution in [2.24, 2.45) is 0 Å². The molecule has 0 fully saturated rings. The number of H-pyrrole nitrogens is 1. The Kier molecular flexibility index (Phi) is 3.72. The van der Waals surface area contributed by atoms with Crippen molar-refractivity contribution in [3.63, 3.8) is 0 Å². The summed E-state index contributed by atoms with van der Waals surface area (Å²) in [7, 11) is -3.59. The van der Waals surface area contributed by atoms with Crippen LogP contribution < -0.4 is 0 Å². The van der Waals surface area contributed by atoms with E-state index in [1.807, 2.05) is 0 Å². The summed E-state index contributed by atoms with van der Waals surface area (Å²) in [5.74, 6) is 0. The molecule has 1 aromatic rings. The number of sulfonamides is 1. The number of nitrogens with one attached hydrogen (secondary N) is 1. The van der Waals surface area contributed by atoms with Gasteiger partial charge in [0.2, 0.25) is 0 Å². The number of aromatic nitrogens is 2. The van der Waals surface area contributed by atoms with E-state index in [1.54, 1.807) is 20.8 Å². The van der Waals surface area contributed by atoms with Gasteiger partial charge in [-0.15, -0.1) is 0 Å². The minimum Gasteiger partial charge on any atom is -0.389 e. The van der Waals surface area contributed by atoms with Crippen molar-refractivity contribution in [2.45, 2.75) is 31.4 Å². The van der Waals surface area contributed by atoms with Crippen LogP contribution in [-0.4, -0.2) is 46.7 Å². The summed E-state index contributed by atoms with van der Waals surface area (Å²) >= 11 is 0. The van der Waals surface area contributed by atoms with Gasteiger partial charge in [0.25, 0.3) is 10.0 Å². The molecule has 0 aromatic carbocycles. The molecule has 0 aliphatic carbocycles. The average Bonchev–Trinajstić information content (AvgIpc) is 2.65. The van der Waals surface area contributed by atoms with Crippen LogP contribution in [0.1, 0.15) is 20.8 Å². The minimum absolute atomic E-state index is 0.0404. The first kappa shape index (κ1) is 13.1. The fourth-order valence-electron chi connectivity index (χ4n) is 1.32. The lowest BCUT2D eigenvalue weighted by atomic mass is 10.1. The quantitative estimate of drug-likeness (QED) is 0.777. The lowest BCUT2D eigenvalue weighted by Gasteiger charge is -2.26. The molecule has 92 valence electrons. The monoisotopic (exact) mass is 247 g/mol. The Balaban J connectivity index is 2.97. The van der Waals surface area contributed by atoms with Crippen molar-refractivity contribution in [2.75, 3.05) is 13.1 Å². The molecule has 0 atom stereocenters. The van der Waals surface area contributed by atoms with Crippen LogP contribution in [0, 0.1) is 0 Å². The van der Waals surface area contributed by atoms with Crippen molar-refractivity contribution >= 4 is 10.0 Å². The van der Waals surface area contributed by atoms with E-state index in [9.17, 15) is 13.5 Å². The average molecular weight is 247 g/mol. The van der Waals surface area contributed by atoms with E-state index < -0.39 is 15.6 Å². The Hall–Kier alpha value is -0.920. The molecule has 6 nitrogen and oxygen atoms in total. The van der Waals surface area contributed by atoms with Gasteiger partial charge in [0.1, 0.15) is 0 Å². The second kappa shape index (κ2) is 4.52. The molecule has 2 N–H and O–H groups in total. The first-order chi connectivity index (χ1) is 7.27. The number of hydrogen-bond acceptors (Lipinski definition) is 4. The van der Waals surface area contributed by atoms with Crippen LogP contribution in [0.15, 0.2) is 17.3 Å². The van der Waals surface area contributed by atoms with Gasteiger partial charge in [-0.25, -0.2) is 8.42 Å².